The number of aromatic amines is 1. The number of aromatic nitrogens is 4. The van der Waals surface area contributed by atoms with Crippen LogP contribution in [0.15, 0.2) is 36.7 Å². The molecule has 0 bridgehead atoms. The van der Waals surface area contributed by atoms with Gasteiger partial charge in [-0.15, -0.1) is 0 Å². The highest BCUT2D eigenvalue weighted by Gasteiger charge is 2.15. The summed E-state index contributed by atoms with van der Waals surface area (Å²) in [6, 6.07) is 2.11. The van der Waals surface area contributed by atoms with E-state index in [1.807, 2.05) is 24.4 Å². The van der Waals surface area contributed by atoms with Gasteiger partial charge >= 0.3 is 0 Å². The summed E-state index contributed by atoms with van der Waals surface area (Å²) in [7, 11) is 0. The van der Waals surface area contributed by atoms with Gasteiger partial charge in [0.1, 0.15) is 22.9 Å². The number of allylic oxidation sites excluding steroid dienone is 3. The zero-order valence-corrected chi connectivity index (χ0v) is 19.0. The smallest absolute Gasteiger partial charge is 0.150 e. The zero-order chi connectivity index (χ0) is 21.9. The highest BCUT2D eigenvalue weighted by atomic mass is 15.1. The lowest BCUT2D eigenvalue weighted by Gasteiger charge is -1.99. The van der Waals surface area contributed by atoms with Gasteiger partial charge in [-0.3, -0.25) is 4.40 Å². The minimum Gasteiger partial charge on any atom is -0.382 e. The van der Waals surface area contributed by atoms with Crippen LogP contribution in [0.2, 0.25) is 0 Å². The third-order valence-corrected chi connectivity index (χ3v) is 4.83. The molecule has 0 aromatic carbocycles. The number of imidazole rings is 1. The first-order valence-electron chi connectivity index (χ1n) is 10.8. The van der Waals surface area contributed by atoms with Crippen LogP contribution < -0.4 is 11.1 Å². The normalized spacial score (nSPS) is 11.5. The molecule has 6 heteroatoms. The molecule has 0 atom stereocenters. The minimum atomic E-state index is 0.487. The van der Waals surface area contributed by atoms with E-state index in [4.69, 9.17) is 5.73 Å². The van der Waals surface area contributed by atoms with Crippen LogP contribution in [0.25, 0.3) is 23.0 Å². The quantitative estimate of drug-likeness (QED) is 0.349. The molecule has 162 valence electrons. The van der Waals surface area contributed by atoms with Crippen molar-refractivity contribution >= 4 is 17.4 Å². The molecule has 0 spiro atoms. The molecule has 0 saturated carbocycles. The monoisotopic (exact) mass is 408 g/mol. The number of H-pyrrole nitrogens is 1. The predicted octanol–water partition coefficient (Wildman–Crippen LogP) is 5.30. The molecule has 3 rings (SSSR count). The van der Waals surface area contributed by atoms with Gasteiger partial charge in [-0.05, 0) is 58.3 Å². The van der Waals surface area contributed by atoms with Gasteiger partial charge in [-0.2, -0.15) is 0 Å². The van der Waals surface area contributed by atoms with Crippen molar-refractivity contribution in [1.82, 2.24) is 24.7 Å². The van der Waals surface area contributed by atoms with Gasteiger partial charge in [0.15, 0.2) is 0 Å². The Morgan fingerprint density at radius 1 is 1.23 bits per heavy atom. The number of nitrogens with two attached hydrogens (primary N) is 1. The van der Waals surface area contributed by atoms with Crippen LogP contribution >= 0.6 is 0 Å². The van der Waals surface area contributed by atoms with E-state index >= 15 is 0 Å². The van der Waals surface area contributed by atoms with Crippen LogP contribution in [0, 0.1) is 13.8 Å². The number of rotatable bonds is 8. The van der Waals surface area contributed by atoms with Crippen LogP contribution in [-0.4, -0.2) is 32.4 Å². The second kappa shape index (κ2) is 12.0. The van der Waals surface area contributed by atoms with Crippen molar-refractivity contribution in [1.29, 1.82) is 0 Å². The average Bonchev–Trinajstić information content (AvgIpc) is 3.27. The lowest BCUT2D eigenvalue weighted by molar-refractivity contribution is 0.663. The standard InChI is InChI=1S/C18H21N5.C6H15N/c1-4-5-6-7-8-14-11-15(21-12(14)2)16-17-18(19)20-9-10-23(17)13(3)22-16;1-3-5-6-7-4-2/h4-5,7-11,21H,6H2,1-3H3,(H2,19,20);7H,3-6H2,1-2H3/b5-4-,8-7?;. The number of nitrogens with one attached hydrogen (secondary N) is 2. The molecule has 0 aliphatic carbocycles. The maximum absolute atomic E-state index is 6.06. The summed E-state index contributed by atoms with van der Waals surface area (Å²) in [5.41, 5.74) is 11.0. The number of unbranched alkanes of at least 4 members (excludes halogenated alkanes) is 1. The van der Waals surface area contributed by atoms with Crippen molar-refractivity contribution in [3.8, 4) is 11.4 Å². The van der Waals surface area contributed by atoms with Crippen molar-refractivity contribution < 1.29 is 0 Å². The van der Waals surface area contributed by atoms with E-state index in [2.05, 4.69) is 71.4 Å². The second-order valence-electron chi connectivity index (χ2n) is 7.22. The summed E-state index contributed by atoms with van der Waals surface area (Å²) in [5.74, 6) is 1.38. The first kappa shape index (κ1) is 23.4. The lowest BCUT2D eigenvalue weighted by atomic mass is 10.2. The van der Waals surface area contributed by atoms with Crippen LogP contribution in [0.3, 0.4) is 0 Å². The van der Waals surface area contributed by atoms with E-state index in [-0.39, 0.29) is 0 Å². The van der Waals surface area contributed by atoms with Gasteiger partial charge in [0.05, 0.1) is 5.69 Å². The Bertz CT molecular complexity index is 973. The highest BCUT2D eigenvalue weighted by Crippen LogP contribution is 2.29. The summed E-state index contributed by atoms with van der Waals surface area (Å²) in [6.07, 6.45) is 15.6. The summed E-state index contributed by atoms with van der Waals surface area (Å²) >= 11 is 0. The molecule has 3 aromatic heterocycles. The molecule has 0 amide bonds. The maximum Gasteiger partial charge on any atom is 0.150 e. The van der Waals surface area contributed by atoms with Gasteiger partial charge in [-0.1, -0.05) is 44.6 Å². The second-order valence-corrected chi connectivity index (χ2v) is 7.22. The number of aryl methyl sites for hydroxylation is 2. The Morgan fingerprint density at radius 3 is 2.73 bits per heavy atom. The maximum atomic E-state index is 6.06. The van der Waals surface area contributed by atoms with Crippen molar-refractivity contribution in [2.75, 3.05) is 18.8 Å². The van der Waals surface area contributed by atoms with Crippen molar-refractivity contribution in [3.63, 3.8) is 0 Å². The Hall–Kier alpha value is -2.86. The summed E-state index contributed by atoms with van der Waals surface area (Å²) < 4.78 is 1.97. The number of hydrogen-bond donors (Lipinski definition) is 3. The fourth-order valence-electron chi connectivity index (χ4n) is 3.16. The molecule has 0 radical (unpaired) electrons. The predicted molar refractivity (Wildman–Crippen MR) is 129 cm³/mol. The number of nitrogen functional groups attached to an aromatic ring is 1. The molecule has 3 heterocycles. The largest absolute Gasteiger partial charge is 0.382 e. The molecule has 0 aliphatic rings. The summed E-state index contributed by atoms with van der Waals surface area (Å²) in [4.78, 5) is 12.3. The first-order valence-corrected chi connectivity index (χ1v) is 10.8. The van der Waals surface area contributed by atoms with E-state index in [0.29, 0.717) is 5.82 Å². The minimum absolute atomic E-state index is 0.487. The fraction of sp³-hybridized carbons (Fsp3) is 0.417. The van der Waals surface area contributed by atoms with Crippen LogP contribution in [0.5, 0.6) is 0 Å². The van der Waals surface area contributed by atoms with E-state index in [9.17, 15) is 0 Å². The Morgan fingerprint density at radius 2 is 2.03 bits per heavy atom. The molecule has 0 fully saturated rings. The lowest BCUT2D eigenvalue weighted by Crippen LogP contribution is -2.13. The number of hydrogen-bond acceptors (Lipinski definition) is 4. The molecular weight excluding hydrogens is 372 g/mol. The van der Waals surface area contributed by atoms with Crippen LogP contribution in [0.1, 0.15) is 57.1 Å². The molecule has 30 heavy (non-hydrogen) atoms. The van der Waals surface area contributed by atoms with Crippen molar-refractivity contribution in [3.05, 3.63) is 53.8 Å². The summed E-state index contributed by atoms with van der Waals surface area (Å²) in [5, 5.41) is 3.25. The fourth-order valence-corrected chi connectivity index (χ4v) is 3.16. The zero-order valence-electron chi connectivity index (χ0n) is 19.0. The highest BCUT2D eigenvalue weighted by molar-refractivity contribution is 5.85. The van der Waals surface area contributed by atoms with Crippen molar-refractivity contribution in [2.45, 2.75) is 53.9 Å². The molecule has 3 aromatic rings. The average molecular weight is 409 g/mol. The number of nitrogens with zero attached hydrogens (tertiary/aromatic N) is 3. The number of anilines is 1. The first-order chi connectivity index (χ1) is 14.5. The van der Waals surface area contributed by atoms with Crippen LogP contribution in [-0.2, 0) is 0 Å². The summed E-state index contributed by atoms with van der Waals surface area (Å²) in [6.45, 7) is 12.7. The molecular formula is C24H36N6. The third-order valence-electron chi connectivity index (χ3n) is 4.83. The molecule has 4 N–H and O–H groups in total. The van der Waals surface area contributed by atoms with Gasteiger partial charge < -0.3 is 16.0 Å². The van der Waals surface area contributed by atoms with Crippen LogP contribution in [0.4, 0.5) is 5.82 Å². The Kier molecular flexibility index (Phi) is 9.35. The van der Waals surface area contributed by atoms with Gasteiger partial charge in [-0.25, -0.2) is 9.97 Å². The topological polar surface area (TPSA) is 84.0 Å². The third kappa shape index (κ3) is 6.07. The SMILES string of the molecule is C/C=C\CC=Cc1cc(-c2nc(C)n3ccnc(N)c23)[nH]c1C.CCCCNCC. The Labute approximate surface area is 180 Å². The van der Waals surface area contributed by atoms with E-state index in [1.165, 1.54) is 19.4 Å². The van der Waals surface area contributed by atoms with E-state index in [1.54, 1.807) is 6.20 Å². The van der Waals surface area contributed by atoms with Gasteiger partial charge in [0.2, 0.25) is 0 Å². The Balaban J connectivity index is 0.000000396. The van der Waals surface area contributed by atoms with Gasteiger partial charge in [0.25, 0.3) is 0 Å². The molecule has 0 saturated heterocycles. The van der Waals surface area contributed by atoms with E-state index < -0.39 is 0 Å². The van der Waals surface area contributed by atoms with Gasteiger partial charge in [0, 0.05) is 18.1 Å². The molecule has 0 unspecified atom stereocenters. The number of fused-ring (bicyclic) bond motifs is 1. The molecule has 6 nitrogen and oxygen atoms in total. The van der Waals surface area contributed by atoms with E-state index in [0.717, 1.165) is 47.0 Å². The molecule has 0 aliphatic heterocycles. The van der Waals surface area contributed by atoms with Crippen molar-refractivity contribution in [2.24, 2.45) is 0 Å².